The minimum absolute atomic E-state index is 0.0123. The van der Waals surface area contributed by atoms with Crippen LogP contribution in [-0.2, 0) is 9.53 Å². The molecule has 1 N–H and O–H groups in total. The van der Waals surface area contributed by atoms with Crippen molar-refractivity contribution in [3.8, 4) is 6.07 Å². The van der Waals surface area contributed by atoms with Gasteiger partial charge in [-0.2, -0.15) is 5.26 Å². The Hall–Kier alpha value is -1.62. The third-order valence-electron chi connectivity index (χ3n) is 3.48. The summed E-state index contributed by atoms with van der Waals surface area (Å²) in [5, 5.41) is 18.1. The highest BCUT2D eigenvalue weighted by molar-refractivity contribution is 9.10. The molecule has 0 bridgehead atoms. The molecule has 0 aliphatic carbocycles. The van der Waals surface area contributed by atoms with Gasteiger partial charge < -0.3 is 14.7 Å². The average molecular weight is 368 g/mol. The Morgan fingerprint density at radius 2 is 2.41 bits per heavy atom. The van der Waals surface area contributed by atoms with Crippen molar-refractivity contribution in [2.75, 3.05) is 44.7 Å². The molecule has 7 heteroatoms. The Morgan fingerprint density at radius 3 is 3.09 bits per heavy atom. The summed E-state index contributed by atoms with van der Waals surface area (Å²) in [6.07, 6.45) is -0.0757. The van der Waals surface area contributed by atoms with Gasteiger partial charge in [-0.25, -0.2) is 0 Å². The van der Waals surface area contributed by atoms with E-state index in [0.29, 0.717) is 25.3 Å². The van der Waals surface area contributed by atoms with E-state index in [2.05, 4.69) is 26.9 Å². The zero-order chi connectivity index (χ0) is 16.1. The van der Waals surface area contributed by atoms with Crippen LogP contribution in [0.2, 0.25) is 0 Å². The average Bonchev–Trinajstić information content (AvgIpc) is 2.46. The summed E-state index contributed by atoms with van der Waals surface area (Å²) >= 11 is 3.37. The first-order valence-corrected chi connectivity index (χ1v) is 7.75. The van der Waals surface area contributed by atoms with Crippen LogP contribution >= 0.6 is 15.9 Å². The van der Waals surface area contributed by atoms with Crippen LogP contribution in [0.5, 0.6) is 0 Å². The summed E-state index contributed by atoms with van der Waals surface area (Å²) in [5.41, 5.74) is 1.51. The topological polar surface area (TPSA) is 76.8 Å². The molecule has 0 amide bonds. The van der Waals surface area contributed by atoms with E-state index in [1.54, 1.807) is 18.0 Å². The normalized spacial score (nSPS) is 18.3. The number of halogens is 1. The van der Waals surface area contributed by atoms with E-state index in [1.807, 2.05) is 12.1 Å². The molecule has 2 rings (SSSR count). The van der Waals surface area contributed by atoms with Gasteiger partial charge in [-0.15, -0.1) is 0 Å². The van der Waals surface area contributed by atoms with Gasteiger partial charge in [0, 0.05) is 24.1 Å². The zero-order valence-electron chi connectivity index (χ0n) is 12.3. The molecule has 1 aromatic rings. The summed E-state index contributed by atoms with van der Waals surface area (Å²) in [6.45, 7) is 2.45. The minimum Gasteiger partial charge on any atom is -0.480 e. The third-order valence-corrected chi connectivity index (χ3v) is 3.97. The number of benzene rings is 1. The fourth-order valence-electron chi connectivity index (χ4n) is 2.57. The summed E-state index contributed by atoms with van der Waals surface area (Å²) in [5.74, 6) is -0.852. The first-order chi connectivity index (χ1) is 10.5. The predicted octanol–water partition coefficient (Wildman–Crippen LogP) is 1.54. The maximum absolute atomic E-state index is 10.7. The van der Waals surface area contributed by atoms with Gasteiger partial charge >= 0.3 is 5.97 Å². The lowest BCUT2D eigenvalue weighted by atomic mass is 10.1. The molecule has 1 fully saturated rings. The molecule has 0 saturated carbocycles. The maximum Gasteiger partial charge on any atom is 0.317 e. The number of carboxylic acids is 1. The van der Waals surface area contributed by atoms with Crippen molar-refractivity contribution in [3.63, 3.8) is 0 Å². The van der Waals surface area contributed by atoms with Gasteiger partial charge in [0.2, 0.25) is 0 Å². The van der Waals surface area contributed by atoms with Crippen molar-refractivity contribution in [2.45, 2.75) is 6.10 Å². The van der Waals surface area contributed by atoms with Gasteiger partial charge in [0.15, 0.2) is 0 Å². The standard InChI is InChI=1S/C15H18BrN3O3/c1-18(10-15(20)21)8-13-9-19(4-5-22-13)14-3-2-12(16)6-11(14)7-17/h2-3,6,13H,4-5,8-10H2,1H3,(H,20,21). The highest BCUT2D eigenvalue weighted by Gasteiger charge is 2.24. The fraction of sp³-hybridized carbons (Fsp3) is 0.467. The van der Waals surface area contributed by atoms with Crippen LogP contribution in [0.3, 0.4) is 0 Å². The van der Waals surface area contributed by atoms with Crippen molar-refractivity contribution >= 4 is 27.6 Å². The molecular formula is C15H18BrN3O3. The van der Waals surface area contributed by atoms with Gasteiger partial charge in [-0.1, -0.05) is 15.9 Å². The number of hydrogen-bond donors (Lipinski definition) is 1. The second-order valence-electron chi connectivity index (χ2n) is 5.30. The van der Waals surface area contributed by atoms with E-state index >= 15 is 0 Å². The second-order valence-corrected chi connectivity index (χ2v) is 6.22. The Kier molecular flexibility index (Phi) is 5.77. The molecule has 1 aliphatic heterocycles. The fourth-order valence-corrected chi connectivity index (χ4v) is 2.93. The molecule has 1 aliphatic rings. The van der Waals surface area contributed by atoms with Gasteiger partial charge in [0.25, 0.3) is 0 Å². The number of carbonyl (C=O) groups is 1. The van der Waals surface area contributed by atoms with E-state index in [9.17, 15) is 10.1 Å². The molecule has 1 saturated heterocycles. The summed E-state index contributed by atoms with van der Waals surface area (Å²) in [7, 11) is 1.76. The number of ether oxygens (including phenoxy) is 1. The summed E-state index contributed by atoms with van der Waals surface area (Å²) in [4.78, 5) is 14.6. The number of likely N-dealkylation sites (N-methyl/N-ethyl adjacent to an activating group) is 1. The van der Waals surface area contributed by atoms with E-state index in [4.69, 9.17) is 9.84 Å². The van der Waals surface area contributed by atoms with Crippen LogP contribution in [0.1, 0.15) is 5.56 Å². The van der Waals surface area contributed by atoms with Crippen molar-refractivity contribution in [2.24, 2.45) is 0 Å². The SMILES string of the molecule is CN(CC(=O)O)CC1CN(c2ccc(Br)cc2C#N)CCO1. The molecular weight excluding hydrogens is 350 g/mol. The number of morpholine rings is 1. The molecule has 1 heterocycles. The zero-order valence-corrected chi connectivity index (χ0v) is 13.9. The first-order valence-electron chi connectivity index (χ1n) is 6.96. The lowest BCUT2D eigenvalue weighted by Crippen LogP contribution is -2.47. The van der Waals surface area contributed by atoms with E-state index < -0.39 is 5.97 Å². The Labute approximate surface area is 138 Å². The molecule has 118 valence electrons. The highest BCUT2D eigenvalue weighted by Crippen LogP contribution is 2.25. The van der Waals surface area contributed by atoms with Gasteiger partial charge in [-0.3, -0.25) is 9.69 Å². The lowest BCUT2D eigenvalue weighted by molar-refractivity contribution is -0.138. The number of rotatable bonds is 5. The Balaban J connectivity index is 2.05. The van der Waals surface area contributed by atoms with Crippen LogP contribution in [0.4, 0.5) is 5.69 Å². The van der Waals surface area contributed by atoms with Crippen LogP contribution < -0.4 is 4.90 Å². The van der Waals surface area contributed by atoms with Crippen molar-refractivity contribution in [1.29, 1.82) is 5.26 Å². The number of nitriles is 1. The minimum atomic E-state index is -0.852. The first kappa shape index (κ1) is 16.7. The summed E-state index contributed by atoms with van der Waals surface area (Å²) < 4.78 is 6.58. The van der Waals surface area contributed by atoms with Gasteiger partial charge in [-0.05, 0) is 25.2 Å². The van der Waals surface area contributed by atoms with E-state index in [-0.39, 0.29) is 12.6 Å². The molecule has 1 unspecified atom stereocenters. The Bertz CT molecular complexity index is 588. The second kappa shape index (κ2) is 7.58. The molecule has 0 aromatic heterocycles. The molecule has 1 aromatic carbocycles. The third kappa shape index (κ3) is 4.44. The van der Waals surface area contributed by atoms with Crippen LogP contribution in [-0.4, -0.2) is 61.9 Å². The molecule has 0 spiro atoms. The van der Waals surface area contributed by atoms with Crippen molar-refractivity contribution < 1.29 is 14.6 Å². The predicted molar refractivity (Wildman–Crippen MR) is 85.9 cm³/mol. The molecule has 0 radical (unpaired) electrons. The highest BCUT2D eigenvalue weighted by atomic mass is 79.9. The molecule has 6 nitrogen and oxygen atoms in total. The number of carboxylic acid groups (broad SMARTS) is 1. The van der Waals surface area contributed by atoms with Crippen molar-refractivity contribution in [1.82, 2.24) is 4.90 Å². The van der Waals surface area contributed by atoms with E-state index in [0.717, 1.165) is 16.7 Å². The molecule has 1 atom stereocenters. The van der Waals surface area contributed by atoms with Gasteiger partial charge in [0.05, 0.1) is 30.5 Å². The largest absolute Gasteiger partial charge is 0.480 e. The monoisotopic (exact) mass is 367 g/mol. The van der Waals surface area contributed by atoms with Crippen molar-refractivity contribution in [3.05, 3.63) is 28.2 Å². The number of anilines is 1. The summed E-state index contributed by atoms with van der Waals surface area (Å²) in [6, 6.07) is 7.85. The Morgan fingerprint density at radius 1 is 1.64 bits per heavy atom. The van der Waals surface area contributed by atoms with Crippen LogP contribution in [0.15, 0.2) is 22.7 Å². The van der Waals surface area contributed by atoms with Crippen LogP contribution in [0, 0.1) is 11.3 Å². The maximum atomic E-state index is 10.7. The number of hydrogen-bond acceptors (Lipinski definition) is 5. The smallest absolute Gasteiger partial charge is 0.317 e. The quantitative estimate of drug-likeness (QED) is 0.850. The molecule has 22 heavy (non-hydrogen) atoms. The van der Waals surface area contributed by atoms with Crippen LogP contribution in [0.25, 0.3) is 0 Å². The lowest BCUT2D eigenvalue weighted by Gasteiger charge is -2.36. The van der Waals surface area contributed by atoms with E-state index in [1.165, 1.54) is 0 Å². The number of nitrogens with zero attached hydrogens (tertiary/aromatic N) is 3. The number of aliphatic carboxylic acids is 1. The van der Waals surface area contributed by atoms with Gasteiger partial charge in [0.1, 0.15) is 6.07 Å².